The van der Waals surface area contributed by atoms with Gasteiger partial charge in [0.1, 0.15) is 12.2 Å². The fourth-order valence-electron chi connectivity index (χ4n) is 4.70. The van der Waals surface area contributed by atoms with Crippen LogP contribution < -0.4 is 22.3 Å². The van der Waals surface area contributed by atoms with E-state index in [0.717, 1.165) is 35.0 Å². The molecule has 1 aliphatic heterocycles. The Bertz CT molecular complexity index is 1620. The summed E-state index contributed by atoms with van der Waals surface area (Å²) in [5.74, 6) is 11.0. The summed E-state index contributed by atoms with van der Waals surface area (Å²) in [6.07, 6.45) is 7.05. The van der Waals surface area contributed by atoms with Crippen LogP contribution in [0, 0.1) is 0 Å². The zero-order chi connectivity index (χ0) is 26.8. The van der Waals surface area contributed by atoms with Crippen molar-refractivity contribution in [2.75, 3.05) is 5.01 Å². The van der Waals surface area contributed by atoms with Gasteiger partial charge in [0.15, 0.2) is 0 Å². The number of hydrazone groups is 1. The van der Waals surface area contributed by atoms with Crippen LogP contribution in [0.25, 0.3) is 28.5 Å². The molecule has 4 aromatic rings. The maximum absolute atomic E-state index is 13.4. The van der Waals surface area contributed by atoms with E-state index in [2.05, 4.69) is 15.1 Å². The van der Waals surface area contributed by atoms with E-state index in [1.807, 2.05) is 30.3 Å². The van der Waals surface area contributed by atoms with Crippen molar-refractivity contribution in [1.82, 2.24) is 14.5 Å². The third-order valence-electron chi connectivity index (χ3n) is 6.42. The number of fused-ring (bicyclic) bond motifs is 1. The molecular weight excluding hydrogens is 506 g/mol. The second-order valence-electron chi connectivity index (χ2n) is 8.81. The zero-order valence-corrected chi connectivity index (χ0v) is 20.8. The van der Waals surface area contributed by atoms with Gasteiger partial charge in [-0.3, -0.25) is 9.80 Å². The number of anilines is 1. The highest BCUT2D eigenvalue weighted by Gasteiger charge is 2.28. The molecule has 0 saturated heterocycles. The number of carbonyl (C=O) groups is 1. The molecule has 0 fully saturated rings. The van der Waals surface area contributed by atoms with Gasteiger partial charge < -0.3 is 20.5 Å². The third-order valence-corrected chi connectivity index (χ3v) is 6.66. The number of pyridine rings is 1. The number of halogens is 1. The van der Waals surface area contributed by atoms with Gasteiger partial charge in [-0.25, -0.2) is 15.6 Å². The number of carboxylic acids is 1. The fourth-order valence-corrected chi connectivity index (χ4v) is 4.87. The zero-order valence-electron chi connectivity index (χ0n) is 20.1. The van der Waals surface area contributed by atoms with Crippen molar-refractivity contribution in [1.29, 1.82) is 0 Å². The molecule has 38 heavy (non-hydrogen) atoms. The predicted octanol–water partition coefficient (Wildman–Crippen LogP) is 3.77. The lowest BCUT2D eigenvalue weighted by atomic mass is 10.0. The number of aliphatic carboxylic acids is 1. The summed E-state index contributed by atoms with van der Waals surface area (Å²) >= 11 is 6.26. The lowest BCUT2D eigenvalue weighted by Crippen LogP contribution is -2.30. The Hall–Kier alpha value is -4.67. The summed E-state index contributed by atoms with van der Waals surface area (Å²) in [4.78, 5) is 32.0. The Morgan fingerprint density at radius 3 is 2.71 bits per heavy atom. The van der Waals surface area contributed by atoms with Crippen molar-refractivity contribution in [2.45, 2.75) is 18.9 Å². The van der Waals surface area contributed by atoms with E-state index in [-0.39, 0.29) is 11.6 Å². The van der Waals surface area contributed by atoms with Gasteiger partial charge in [-0.15, -0.1) is 0 Å². The molecule has 0 spiro atoms. The number of nitrogens with one attached hydrogen (secondary N) is 1. The SMILES string of the molecule is N/N=C\N(N)c1ccc(Cl)cc1-c1cc2n(c(=O)c1)[C@H](c1ncc(-c3ccc(/C=C/C(=O)O)cc3)[nH]1)CC2. The predicted molar refractivity (Wildman–Crippen MR) is 148 cm³/mol. The minimum absolute atomic E-state index is 0.158. The van der Waals surface area contributed by atoms with Gasteiger partial charge in [0.25, 0.3) is 5.56 Å². The maximum Gasteiger partial charge on any atom is 0.328 e. The molecule has 0 radical (unpaired) electrons. The summed E-state index contributed by atoms with van der Waals surface area (Å²) in [7, 11) is 0. The van der Waals surface area contributed by atoms with Gasteiger partial charge in [0, 0.05) is 28.4 Å². The third kappa shape index (κ3) is 4.95. The summed E-state index contributed by atoms with van der Waals surface area (Å²) < 4.78 is 1.76. The molecule has 192 valence electrons. The molecule has 0 amide bonds. The second kappa shape index (κ2) is 10.4. The number of rotatable bonds is 7. The molecule has 1 aliphatic rings. The smallest absolute Gasteiger partial charge is 0.328 e. The molecule has 11 heteroatoms. The monoisotopic (exact) mass is 529 g/mol. The van der Waals surface area contributed by atoms with Gasteiger partial charge >= 0.3 is 5.97 Å². The molecule has 5 rings (SSSR count). The molecule has 2 aromatic heterocycles. The van der Waals surface area contributed by atoms with Gasteiger partial charge in [-0.05, 0) is 59.9 Å². The largest absolute Gasteiger partial charge is 0.478 e. The van der Waals surface area contributed by atoms with Crippen LogP contribution in [0.5, 0.6) is 0 Å². The Morgan fingerprint density at radius 2 is 1.97 bits per heavy atom. The van der Waals surface area contributed by atoms with Crippen molar-refractivity contribution < 1.29 is 9.90 Å². The van der Waals surface area contributed by atoms with E-state index in [0.29, 0.717) is 34.1 Å². The molecule has 1 atom stereocenters. The first-order valence-electron chi connectivity index (χ1n) is 11.7. The van der Waals surface area contributed by atoms with Gasteiger partial charge in [-0.1, -0.05) is 35.9 Å². The number of aromatic nitrogens is 3. The summed E-state index contributed by atoms with van der Waals surface area (Å²) in [6, 6.07) is 15.9. The number of imidazole rings is 1. The first-order chi connectivity index (χ1) is 18.3. The Morgan fingerprint density at radius 1 is 1.18 bits per heavy atom. The van der Waals surface area contributed by atoms with Crippen LogP contribution in [0.4, 0.5) is 5.69 Å². The average Bonchev–Trinajstić information content (AvgIpc) is 3.55. The van der Waals surface area contributed by atoms with Crippen LogP contribution in [0.2, 0.25) is 5.02 Å². The molecule has 2 aromatic carbocycles. The molecule has 3 heterocycles. The minimum atomic E-state index is -0.998. The Balaban J connectivity index is 1.45. The highest BCUT2D eigenvalue weighted by Crippen LogP contribution is 2.35. The Kier molecular flexibility index (Phi) is 6.82. The number of hydrogen-bond acceptors (Lipinski definition) is 6. The quantitative estimate of drug-likeness (QED) is 0.0933. The van der Waals surface area contributed by atoms with Gasteiger partial charge in [-0.2, -0.15) is 5.10 Å². The first-order valence-corrected chi connectivity index (χ1v) is 12.1. The standard InChI is InChI=1S/C27H24ClN7O3/c28-19-6-8-23(34(30)15-32-29)21(13-19)18-11-20-7-9-24(35(20)25(36)12-18)27-31-14-22(33-27)17-4-1-16(2-5-17)3-10-26(37)38/h1-6,8,10-15,24H,7,9,29-30H2,(H,31,33)(H,37,38)/b10-3+,32-15-/t24-/m0/s1. The van der Waals surface area contributed by atoms with Crippen molar-refractivity contribution >= 4 is 35.7 Å². The van der Waals surface area contributed by atoms with Gasteiger partial charge in [0.05, 0.1) is 23.6 Å². The number of aryl methyl sites for hydroxylation is 1. The van der Waals surface area contributed by atoms with Crippen molar-refractivity contribution in [3.05, 3.63) is 99.3 Å². The second-order valence-corrected chi connectivity index (χ2v) is 9.24. The summed E-state index contributed by atoms with van der Waals surface area (Å²) in [6.45, 7) is 0. The van der Waals surface area contributed by atoms with E-state index >= 15 is 0 Å². The number of hydrogen-bond donors (Lipinski definition) is 4. The molecule has 0 bridgehead atoms. The number of nitrogens with zero attached hydrogens (tertiary/aromatic N) is 4. The number of H-pyrrole nitrogens is 1. The van der Waals surface area contributed by atoms with Crippen LogP contribution in [0.15, 0.2) is 76.8 Å². The molecule has 0 saturated carbocycles. The van der Waals surface area contributed by atoms with Crippen molar-refractivity contribution in [2.24, 2.45) is 16.8 Å². The molecule has 0 aliphatic carbocycles. The highest BCUT2D eigenvalue weighted by molar-refractivity contribution is 6.31. The summed E-state index contributed by atoms with van der Waals surface area (Å²) in [5.41, 5.74) is 5.18. The number of nitrogens with two attached hydrogens (primary N) is 2. The van der Waals surface area contributed by atoms with Crippen LogP contribution in [-0.4, -0.2) is 31.9 Å². The highest BCUT2D eigenvalue weighted by atomic mass is 35.5. The topological polar surface area (TPSA) is 156 Å². The number of carboxylic acid groups (broad SMARTS) is 1. The van der Waals surface area contributed by atoms with Gasteiger partial charge in [0.2, 0.25) is 0 Å². The van der Waals surface area contributed by atoms with E-state index in [1.165, 1.54) is 17.4 Å². The van der Waals surface area contributed by atoms with Crippen LogP contribution in [0.3, 0.4) is 0 Å². The number of aromatic amines is 1. The van der Waals surface area contributed by atoms with E-state index < -0.39 is 5.97 Å². The molecular formula is C27H24ClN7O3. The summed E-state index contributed by atoms with van der Waals surface area (Å²) in [5, 5.41) is 14.1. The van der Waals surface area contributed by atoms with Crippen molar-refractivity contribution in [3.8, 4) is 22.4 Å². The van der Waals surface area contributed by atoms with Crippen LogP contribution in [-0.2, 0) is 11.2 Å². The lowest BCUT2D eigenvalue weighted by molar-refractivity contribution is -0.131. The molecule has 6 N–H and O–H groups in total. The molecule has 0 unspecified atom stereocenters. The molecule has 10 nitrogen and oxygen atoms in total. The van der Waals surface area contributed by atoms with Crippen molar-refractivity contribution in [3.63, 3.8) is 0 Å². The van der Waals surface area contributed by atoms with Crippen LogP contribution >= 0.6 is 11.6 Å². The lowest BCUT2D eigenvalue weighted by Gasteiger charge is -2.18. The number of benzene rings is 2. The average molecular weight is 530 g/mol. The fraction of sp³-hybridized carbons (Fsp3) is 0.111. The number of hydrazine groups is 1. The first kappa shape index (κ1) is 25.0. The van der Waals surface area contributed by atoms with E-state index in [4.69, 9.17) is 28.4 Å². The minimum Gasteiger partial charge on any atom is -0.478 e. The van der Waals surface area contributed by atoms with E-state index in [1.54, 1.807) is 35.0 Å². The normalized spacial score (nSPS) is 14.8. The Labute approximate surface area is 222 Å². The van der Waals surface area contributed by atoms with E-state index in [9.17, 15) is 9.59 Å². The van der Waals surface area contributed by atoms with Crippen LogP contribution in [0.1, 0.15) is 29.5 Å². The maximum atomic E-state index is 13.4.